The maximum Gasteiger partial charge on any atom is 0.339 e. The average Bonchev–Trinajstić information content (AvgIpc) is 2.39. The first-order valence-corrected chi connectivity index (χ1v) is 6.32. The first-order chi connectivity index (χ1) is 9.76. The van der Waals surface area contributed by atoms with E-state index in [2.05, 4.69) is 10.6 Å². The van der Waals surface area contributed by atoms with Crippen LogP contribution in [0.3, 0.4) is 0 Å². The van der Waals surface area contributed by atoms with Crippen LogP contribution in [0.1, 0.15) is 24.2 Å². The number of hydrogen-bond acceptors (Lipinski definition) is 4. The summed E-state index contributed by atoms with van der Waals surface area (Å²) in [6.45, 7) is 2.80. The molecule has 8 heteroatoms. The Morgan fingerprint density at radius 2 is 1.95 bits per heavy atom. The monoisotopic (exact) mass is 314 g/mol. The molecule has 0 radical (unpaired) electrons. The molecular formula is C13H15ClN2O5. The van der Waals surface area contributed by atoms with E-state index in [1.165, 1.54) is 33.1 Å². The van der Waals surface area contributed by atoms with E-state index >= 15 is 0 Å². The van der Waals surface area contributed by atoms with E-state index in [4.69, 9.17) is 21.4 Å². The van der Waals surface area contributed by atoms with E-state index in [9.17, 15) is 14.4 Å². The summed E-state index contributed by atoms with van der Waals surface area (Å²) in [5.41, 5.74) is 0.0797. The van der Waals surface area contributed by atoms with Gasteiger partial charge in [0.1, 0.15) is 17.4 Å². The van der Waals surface area contributed by atoms with Crippen LogP contribution < -0.4 is 15.4 Å². The molecule has 7 nitrogen and oxygen atoms in total. The molecule has 0 aliphatic carbocycles. The molecule has 0 aromatic heterocycles. The SMILES string of the molecule is COc1cc(NC(=O)C(C)NC(C)=O)c(Cl)cc1C(=O)O. The molecule has 21 heavy (non-hydrogen) atoms. The highest BCUT2D eigenvalue weighted by atomic mass is 35.5. The molecule has 114 valence electrons. The van der Waals surface area contributed by atoms with Gasteiger partial charge in [-0.15, -0.1) is 0 Å². The van der Waals surface area contributed by atoms with Crippen molar-refractivity contribution in [1.29, 1.82) is 0 Å². The smallest absolute Gasteiger partial charge is 0.339 e. The largest absolute Gasteiger partial charge is 0.496 e. The van der Waals surface area contributed by atoms with Gasteiger partial charge in [0.15, 0.2) is 0 Å². The summed E-state index contributed by atoms with van der Waals surface area (Å²) in [7, 11) is 1.31. The van der Waals surface area contributed by atoms with Crippen molar-refractivity contribution in [3.05, 3.63) is 22.7 Å². The van der Waals surface area contributed by atoms with Gasteiger partial charge in [-0.3, -0.25) is 9.59 Å². The molecule has 1 aromatic rings. The van der Waals surface area contributed by atoms with E-state index in [0.29, 0.717) is 0 Å². The highest BCUT2D eigenvalue weighted by Gasteiger charge is 2.19. The fourth-order valence-electron chi connectivity index (χ4n) is 1.60. The number of carboxylic acids is 1. The van der Waals surface area contributed by atoms with Gasteiger partial charge in [0.05, 0.1) is 17.8 Å². The first-order valence-electron chi connectivity index (χ1n) is 5.95. The molecule has 0 aliphatic rings. The van der Waals surface area contributed by atoms with Crippen LogP contribution in [-0.4, -0.2) is 36.0 Å². The predicted molar refractivity (Wildman–Crippen MR) is 76.9 cm³/mol. The van der Waals surface area contributed by atoms with Crippen LogP contribution in [0.5, 0.6) is 5.75 Å². The lowest BCUT2D eigenvalue weighted by Gasteiger charge is -2.15. The maximum atomic E-state index is 11.9. The third-order valence-corrected chi connectivity index (χ3v) is 2.90. The molecule has 0 saturated carbocycles. The summed E-state index contributed by atoms with van der Waals surface area (Å²) in [6, 6.07) is 1.73. The molecule has 1 aromatic carbocycles. The standard InChI is InChI=1S/C13H15ClN2O5/c1-6(15-7(2)17)12(18)16-10-5-11(21-3)8(13(19)20)4-9(10)14/h4-6H,1-3H3,(H,15,17)(H,16,18)(H,19,20). The molecule has 0 saturated heterocycles. The average molecular weight is 315 g/mol. The zero-order valence-corrected chi connectivity index (χ0v) is 12.4. The van der Waals surface area contributed by atoms with E-state index in [1.807, 2.05) is 0 Å². The Balaban J connectivity index is 3.01. The summed E-state index contributed by atoms with van der Waals surface area (Å²) in [5, 5.41) is 14.0. The number of amides is 2. The van der Waals surface area contributed by atoms with Gasteiger partial charge in [0.2, 0.25) is 11.8 Å². The van der Waals surface area contributed by atoms with Crippen LogP contribution in [0.2, 0.25) is 5.02 Å². The van der Waals surface area contributed by atoms with Gasteiger partial charge in [-0.25, -0.2) is 4.79 Å². The predicted octanol–water partition coefficient (Wildman–Crippen LogP) is 1.51. The second-order valence-electron chi connectivity index (χ2n) is 4.25. The molecule has 1 unspecified atom stereocenters. The maximum absolute atomic E-state index is 11.9. The Labute approximate surface area is 126 Å². The van der Waals surface area contributed by atoms with E-state index in [-0.39, 0.29) is 27.9 Å². The fourth-order valence-corrected chi connectivity index (χ4v) is 1.81. The number of rotatable bonds is 5. The molecule has 0 aliphatic heterocycles. The normalized spacial score (nSPS) is 11.4. The number of carbonyl (C=O) groups is 3. The molecule has 0 bridgehead atoms. The van der Waals surface area contributed by atoms with Crippen molar-refractivity contribution in [3.8, 4) is 5.75 Å². The minimum absolute atomic E-state index is 0.0524. The topological polar surface area (TPSA) is 105 Å². The lowest BCUT2D eigenvalue weighted by atomic mass is 10.1. The van der Waals surface area contributed by atoms with Gasteiger partial charge in [0, 0.05) is 13.0 Å². The van der Waals surface area contributed by atoms with Crippen LogP contribution >= 0.6 is 11.6 Å². The highest BCUT2D eigenvalue weighted by molar-refractivity contribution is 6.34. The van der Waals surface area contributed by atoms with E-state index in [0.717, 1.165) is 0 Å². The van der Waals surface area contributed by atoms with Crippen LogP contribution in [0, 0.1) is 0 Å². The van der Waals surface area contributed by atoms with E-state index in [1.54, 1.807) is 0 Å². The van der Waals surface area contributed by atoms with Gasteiger partial charge < -0.3 is 20.5 Å². The molecule has 1 atom stereocenters. The third kappa shape index (κ3) is 4.35. The Hall–Kier alpha value is -2.28. The number of nitrogens with one attached hydrogen (secondary N) is 2. The highest BCUT2D eigenvalue weighted by Crippen LogP contribution is 2.31. The number of carboxylic acid groups (broad SMARTS) is 1. The third-order valence-electron chi connectivity index (χ3n) is 2.59. The fraction of sp³-hybridized carbons (Fsp3) is 0.308. The summed E-state index contributed by atoms with van der Waals surface area (Å²) in [5.74, 6) is -1.97. The van der Waals surface area contributed by atoms with Crippen molar-refractivity contribution in [3.63, 3.8) is 0 Å². The van der Waals surface area contributed by atoms with Crippen molar-refractivity contribution >= 4 is 35.1 Å². The summed E-state index contributed by atoms with van der Waals surface area (Å²) >= 11 is 5.94. The van der Waals surface area contributed by atoms with Crippen molar-refractivity contribution in [2.45, 2.75) is 19.9 Å². The molecule has 0 heterocycles. The lowest BCUT2D eigenvalue weighted by molar-refractivity contribution is -0.124. The molecule has 0 spiro atoms. The Kier molecular flexibility index (Phi) is 5.54. The second kappa shape index (κ2) is 6.94. The minimum atomic E-state index is -1.20. The Bertz CT molecular complexity index is 588. The van der Waals surface area contributed by atoms with Crippen LogP contribution in [-0.2, 0) is 9.59 Å². The van der Waals surface area contributed by atoms with Crippen molar-refractivity contribution < 1.29 is 24.2 Å². The number of halogens is 1. The summed E-state index contributed by atoms with van der Waals surface area (Å²) in [6.07, 6.45) is 0. The quantitative estimate of drug-likeness (QED) is 0.764. The lowest BCUT2D eigenvalue weighted by Crippen LogP contribution is -2.40. The molecule has 2 amide bonds. The van der Waals surface area contributed by atoms with Gasteiger partial charge in [-0.2, -0.15) is 0 Å². The number of carbonyl (C=O) groups excluding carboxylic acids is 2. The van der Waals surface area contributed by atoms with Gasteiger partial charge in [-0.1, -0.05) is 11.6 Å². The summed E-state index contributed by atoms with van der Waals surface area (Å²) in [4.78, 5) is 33.8. The molecule has 0 fully saturated rings. The van der Waals surface area contributed by atoms with Gasteiger partial charge in [0.25, 0.3) is 0 Å². The first kappa shape index (κ1) is 16.8. The Morgan fingerprint density at radius 3 is 2.43 bits per heavy atom. The van der Waals surface area contributed by atoms with Gasteiger partial charge in [-0.05, 0) is 13.0 Å². The van der Waals surface area contributed by atoms with Crippen molar-refractivity contribution in [2.75, 3.05) is 12.4 Å². The van der Waals surface area contributed by atoms with Crippen LogP contribution in [0.25, 0.3) is 0 Å². The molecular weight excluding hydrogens is 300 g/mol. The number of hydrogen-bond donors (Lipinski definition) is 3. The van der Waals surface area contributed by atoms with Gasteiger partial charge >= 0.3 is 5.97 Å². The number of ether oxygens (including phenoxy) is 1. The van der Waals surface area contributed by atoms with E-state index < -0.39 is 17.9 Å². The number of aromatic carboxylic acids is 1. The van der Waals surface area contributed by atoms with Crippen LogP contribution in [0.15, 0.2) is 12.1 Å². The zero-order chi connectivity index (χ0) is 16.2. The van der Waals surface area contributed by atoms with Crippen LogP contribution in [0.4, 0.5) is 5.69 Å². The second-order valence-corrected chi connectivity index (χ2v) is 4.66. The molecule has 3 N–H and O–H groups in total. The number of methoxy groups -OCH3 is 1. The number of anilines is 1. The van der Waals surface area contributed by atoms with Crippen molar-refractivity contribution in [1.82, 2.24) is 5.32 Å². The Morgan fingerprint density at radius 1 is 1.33 bits per heavy atom. The zero-order valence-electron chi connectivity index (χ0n) is 11.7. The molecule has 1 rings (SSSR count). The summed E-state index contributed by atoms with van der Waals surface area (Å²) < 4.78 is 4.95. The number of benzene rings is 1. The minimum Gasteiger partial charge on any atom is -0.496 e. The van der Waals surface area contributed by atoms with Crippen molar-refractivity contribution in [2.24, 2.45) is 0 Å².